The highest BCUT2D eigenvalue weighted by atomic mass is 32.1. The van der Waals surface area contributed by atoms with Crippen molar-refractivity contribution < 1.29 is 9.59 Å². The minimum absolute atomic E-state index is 0.138. The highest BCUT2D eigenvalue weighted by molar-refractivity contribution is 7.20. The molecule has 0 aliphatic carbocycles. The fourth-order valence-corrected chi connectivity index (χ4v) is 5.34. The van der Waals surface area contributed by atoms with Gasteiger partial charge in [-0.25, -0.2) is 0 Å². The van der Waals surface area contributed by atoms with Crippen LogP contribution in [0.4, 0.5) is 0 Å². The largest absolute Gasteiger partial charge is 0.274 e. The number of carbonyl (C=O) groups is 2. The van der Waals surface area contributed by atoms with Gasteiger partial charge in [0.15, 0.2) is 0 Å². The lowest BCUT2D eigenvalue weighted by molar-refractivity contribution is 0.0652. The van der Waals surface area contributed by atoms with Crippen LogP contribution in [0.5, 0.6) is 0 Å². The number of hydrogen-bond donors (Lipinski definition) is 0. The Morgan fingerprint density at radius 3 is 1.63 bits per heavy atom. The standard InChI is InChI=1S/C26H27NO2S/c1-2-3-4-5-6-13-18-27-25(28)21-22(26(27)29)24(20-16-11-8-12-17-20)30-23(21)19-14-9-7-10-15-19/h7-12,14-17H,2-6,13,18H2,1H3. The van der Waals surface area contributed by atoms with Gasteiger partial charge in [0.05, 0.1) is 11.1 Å². The van der Waals surface area contributed by atoms with Crippen molar-refractivity contribution in [2.75, 3.05) is 6.54 Å². The molecular weight excluding hydrogens is 390 g/mol. The molecule has 2 aromatic carbocycles. The highest BCUT2D eigenvalue weighted by Gasteiger charge is 2.41. The summed E-state index contributed by atoms with van der Waals surface area (Å²) >= 11 is 1.55. The van der Waals surface area contributed by atoms with E-state index in [2.05, 4.69) is 6.92 Å². The van der Waals surface area contributed by atoms with Crippen LogP contribution < -0.4 is 0 Å². The second-order valence-corrected chi connectivity index (χ2v) is 8.79. The zero-order chi connectivity index (χ0) is 20.9. The van der Waals surface area contributed by atoms with E-state index in [4.69, 9.17) is 0 Å². The van der Waals surface area contributed by atoms with Crippen LogP contribution >= 0.6 is 11.3 Å². The minimum atomic E-state index is -0.138. The second-order valence-electron chi connectivity index (χ2n) is 7.77. The van der Waals surface area contributed by atoms with Crippen LogP contribution in [-0.4, -0.2) is 23.3 Å². The van der Waals surface area contributed by atoms with Gasteiger partial charge in [0.25, 0.3) is 11.8 Å². The van der Waals surface area contributed by atoms with E-state index in [9.17, 15) is 9.59 Å². The average molecular weight is 418 g/mol. The molecule has 2 heterocycles. The summed E-state index contributed by atoms with van der Waals surface area (Å²) < 4.78 is 0. The summed E-state index contributed by atoms with van der Waals surface area (Å²) in [5, 5.41) is 0. The highest BCUT2D eigenvalue weighted by Crippen LogP contribution is 2.46. The normalized spacial score (nSPS) is 13.2. The topological polar surface area (TPSA) is 37.4 Å². The number of rotatable bonds is 9. The Hall–Kier alpha value is -2.72. The van der Waals surface area contributed by atoms with Crippen LogP contribution in [0.15, 0.2) is 60.7 Å². The van der Waals surface area contributed by atoms with E-state index in [0.29, 0.717) is 17.7 Å². The van der Waals surface area contributed by atoms with Crippen molar-refractivity contribution in [3.8, 4) is 20.9 Å². The van der Waals surface area contributed by atoms with Gasteiger partial charge < -0.3 is 0 Å². The molecule has 0 spiro atoms. The maximum absolute atomic E-state index is 13.3. The molecular formula is C26H27NO2S. The molecule has 0 saturated heterocycles. The summed E-state index contributed by atoms with van der Waals surface area (Å²) in [6.45, 7) is 2.71. The summed E-state index contributed by atoms with van der Waals surface area (Å²) in [7, 11) is 0. The Labute approximate surface area is 182 Å². The van der Waals surface area contributed by atoms with Crippen LogP contribution in [0.25, 0.3) is 20.9 Å². The van der Waals surface area contributed by atoms with E-state index in [-0.39, 0.29) is 11.8 Å². The summed E-state index contributed by atoms with van der Waals surface area (Å²) in [5.41, 5.74) is 3.15. The zero-order valence-corrected chi connectivity index (χ0v) is 18.2. The Morgan fingerprint density at radius 1 is 0.667 bits per heavy atom. The van der Waals surface area contributed by atoms with Crippen molar-refractivity contribution in [2.24, 2.45) is 0 Å². The van der Waals surface area contributed by atoms with Crippen molar-refractivity contribution in [3.05, 3.63) is 71.8 Å². The van der Waals surface area contributed by atoms with Gasteiger partial charge in [-0.05, 0) is 17.5 Å². The fourth-order valence-electron chi connectivity index (χ4n) is 4.04. The molecule has 4 rings (SSSR count). The van der Waals surface area contributed by atoms with E-state index in [1.165, 1.54) is 24.2 Å². The van der Waals surface area contributed by atoms with Gasteiger partial charge in [-0.15, -0.1) is 11.3 Å². The SMILES string of the molecule is CCCCCCCCN1C(=O)c2c(-c3ccccc3)sc(-c3ccccc3)c2C1=O. The van der Waals surface area contributed by atoms with Crippen molar-refractivity contribution in [2.45, 2.75) is 45.4 Å². The molecule has 30 heavy (non-hydrogen) atoms. The lowest BCUT2D eigenvalue weighted by Crippen LogP contribution is -2.31. The van der Waals surface area contributed by atoms with Crippen LogP contribution in [0.1, 0.15) is 66.2 Å². The number of thiophene rings is 1. The first kappa shape index (κ1) is 20.5. The van der Waals surface area contributed by atoms with Gasteiger partial charge in [0, 0.05) is 16.3 Å². The number of benzene rings is 2. The van der Waals surface area contributed by atoms with Gasteiger partial charge in [0.2, 0.25) is 0 Å². The average Bonchev–Trinajstić information content (AvgIpc) is 3.29. The van der Waals surface area contributed by atoms with Gasteiger partial charge in [0.1, 0.15) is 0 Å². The van der Waals surface area contributed by atoms with Crippen molar-refractivity contribution in [1.29, 1.82) is 0 Å². The maximum atomic E-state index is 13.3. The van der Waals surface area contributed by atoms with Crippen LogP contribution in [0.3, 0.4) is 0 Å². The minimum Gasteiger partial charge on any atom is -0.274 e. The monoisotopic (exact) mass is 417 g/mol. The van der Waals surface area contributed by atoms with Crippen LogP contribution in [-0.2, 0) is 0 Å². The first-order valence-electron chi connectivity index (χ1n) is 10.9. The maximum Gasteiger partial charge on any atom is 0.263 e. The Balaban J connectivity index is 1.65. The van der Waals surface area contributed by atoms with Crippen LogP contribution in [0.2, 0.25) is 0 Å². The summed E-state index contributed by atoms with van der Waals surface area (Å²) in [6, 6.07) is 19.9. The number of hydrogen-bond acceptors (Lipinski definition) is 3. The molecule has 0 N–H and O–H groups in total. The van der Waals surface area contributed by atoms with E-state index in [1.54, 1.807) is 11.3 Å². The summed E-state index contributed by atoms with van der Waals surface area (Å²) in [6.07, 6.45) is 6.78. The van der Waals surface area contributed by atoms with Gasteiger partial charge in [-0.1, -0.05) is 99.7 Å². The lowest BCUT2D eigenvalue weighted by Gasteiger charge is -2.15. The molecule has 0 atom stereocenters. The second kappa shape index (κ2) is 9.40. The first-order valence-corrected chi connectivity index (χ1v) is 11.7. The Morgan fingerprint density at radius 2 is 1.13 bits per heavy atom. The third-order valence-electron chi connectivity index (χ3n) is 5.63. The molecule has 0 bridgehead atoms. The molecule has 1 aliphatic heterocycles. The number of carbonyl (C=O) groups excluding carboxylic acids is 2. The van der Waals surface area contributed by atoms with E-state index in [0.717, 1.165) is 40.1 Å². The number of amides is 2. The van der Waals surface area contributed by atoms with Gasteiger partial charge in [-0.3, -0.25) is 14.5 Å². The van der Waals surface area contributed by atoms with E-state index < -0.39 is 0 Å². The lowest BCUT2D eigenvalue weighted by atomic mass is 10.0. The molecule has 1 aliphatic rings. The third kappa shape index (κ3) is 3.97. The van der Waals surface area contributed by atoms with Crippen molar-refractivity contribution >= 4 is 23.2 Å². The fraction of sp³-hybridized carbons (Fsp3) is 0.308. The quantitative estimate of drug-likeness (QED) is 0.277. The molecule has 0 radical (unpaired) electrons. The molecule has 3 nitrogen and oxygen atoms in total. The summed E-state index contributed by atoms with van der Waals surface area (Å²) in [4.78, 5) is 29.9. The van der Waals surface area contributed by atoms with Gasteiger partial charge >= 0.3 is 0 Å². The number of imide groups is 1. The molecule has 2 amide bonds. The van der Waals surface area contributed by atoms with Gasteiger partial charge in [-0.2, -0.15) is 0 Å². The number of fused-ring (bicyclic) bond motifs is 1. The predicted molar refractivity (Wildman–Crippen MR) is 124 cm³/mol. The molecule has 1 aromatic heterocycles. The Bertz CT molecular complexity index is 950. The van der Waals surface area contributed by atoms with Crippen molar-refractivity contribution in [1.82, 2.24) is 4.90 Å². The first-order chi connectivity index (χ1) is 14.7. The molecule has 0 saturated carbocycles. The van der Waals surface area contributed by atoms with E-state index >= 15 is 0 Å². The molecule has 4 heteroatoms. The van der Waals surface area contributed by atoms with Crippen molar-refractivity contribution in [3.63, 3.8) is 0 Å². The molecule has 3 aromatic rings. The Kier molecular flexibility index (Phi) is 6.44. The van der Waals surface area contributed by atoms with Crippen LogP contribution in [0, 0.1) is 0 Å². The zero-order valence-electron chi connectivity index (χ0n) is 17.4. The third-order valence-corrected chi connectivity index (χ3v) is 6.92. The summed E-state index contributed by atoms with van der Waals surface area (Å²) in [5.74, 6) is -0.276. The number of nitrogens with zero attached hydrogens (tertiary/aromatic N) is 1. The molecule has 154 valence electrons. The van der Waals surface area contributed by atoms with E-state index in [1.807, 2.05) is 60.7 Å². The predicted octanol–water partition coefficient (Wildman–Crippen LogP) is 7.04. The smallest absolute Gasteiger partial charge is 0.263 e. The molecule has 0 unspecified atom stereocenters. The number of unbranched alkanes of at least 4 members (excludes halogenated alkanes) is 5. The molecule has 0 fully saturated rings.